The average Bonchev–Trinajstić information content (AvgIpc) is 2.98. The van der Waals surface area contributed by atoms with Crippen LogP contribution in [0.15, 0.2) is 36.4 Å². The Hall–Kier alpha value is -2.82. The Morgan fingerprint density at radius 3 is 3.00 bits per heavy atom. The summed E-state index contributed by atoms with van der Waals surface area (Å²) in [6.45, 7) is 1.07. The SMILES string of the molecule is CN1CCCc2cc(-c3n[nH]c4cccc(C(=O)O)c34)ccc21. The van der Waals surface area contributed by atoms with Crippen molar-refractivity contribution >= 4 is 22.6 Å². The first-order valence-electron chi connectivity index (χ1n) is 7.70. The van der Waals surface area contributed by atoms with Crippen LogP contribution in [0, 0.1) is 0 Å². The Kier molecular flexibility index (Phi) is 3.08. The number of carbonyl (C=O) groups is 1. The number of nitrogens with zero attached hydrogens (tertiary/aromatic N) is 2. The van der Waals surface area contributed by atoms with Gasteiger partial charge in [0.2, 0.25) is 0 Å². The zero-order valence-corrected chi connectivity index (χ0v) is 12.8. The average molecular weight is 307 g/mol. The molecule has 5 nitrogen and oxygen atoms in total. The van der Waals surface area contributed by atoms with E-state index in [9.17, 15) is 9.90 Å². The maximum Gasteiger partial charge on any atom is 0.336 e. The van der Waals surface area contributed by atoms with Gasteiger partial charge < -0.3 is 10.0 Å². The molecule has 5 heteroatoms. The van der Waals surface area contributed by atoms with Crippen molar-refractivity contribution in [2.24, 2.45) is 0 Å². The fraction of sp³-hybridized carbons (Fsp3) is 0.222. The summed E-state index contributed by atoms with van der Waals surface area (Å²) >= 11 is 0. The zero-order valence-electron chi connectivity index (χ0n) is 12.8. The van der Waals surface area contributed by atoms with E-state index in [4.69, 9.17) is 0 Å². The van der Waals surface area contributed by atoms with E-state index in [1.165, 1.54) is 11.3 Å². The fourth-order valence-corrected chi connectivity index (χ4v) is 3.39. The van der Waals surface area contributed by atoms with E-state index in [0.717, 1.165) is 30.5 Å². The van der Waals surface area contributed by atoms with Crippen molar-refractivity contribution < 1.29 is 9.90 Å². The predicted molar refractivity (Wildman–Crippen MR) is 90.1 cm³/mol. The molecule has 0 saturated heterocycles. The number of aromatic amines is 1. The molecule has 2 N–H and O–H groups in total. The molecule has 0 spiro atoms. The topological polar surface area (TPSA) is 69.2 Å². The molecule has 0 bridgehead atoms. The molecule has 23 heavy (non-hydrogen) atoms. The molecule has 3 aromatic rings. The van der Waals surface area contributed by atoms with Gasteiger partial charge in [0.25, 0.3) is 0 Å². The number of carboxylic acids is 1. The normalized spacial score (nSPS) is 14.0. The summed E-state index contributed by atoms with van der Waals surface area (Å²) in [5.41, 5.74) is 5.22. The summed E-state index contributed by atoms with van der Waals surface area (Å²) in [6, 6.07) is 11.5. The quantitative estimate of drug-likeness (QED) is 0.762. The van der Waals surface area contributed by atoms with Crippen LogP contribution in [0.4, 0.5) is 5.69 Å². The number of rotatable bonds is 2. The van der Waals surface area contributed by atoms with Gasteiger partial charge in [-0.3, -0.25) is 5.10 Å². The van der Waals surface area contributed by atoms with E-state index >= 15 is 0 Å². The lowest BCUT2D eigenvalue weighted by atomic mass is 9.96. The Bertz CT molecular complexity index is 914. The zero-order chi connectivity index (χ0) is 16.0. The van der Waals surface area contributed by atoms with Gasteiger partial charge in [-0.05, 0) is 42.7 Å². The van der Waals surface area contributed by atoms with Crippen LogP contribution in [0.3, 0.4) is 0 Å². The van der Waals surface area contributed by atoms with Crippen molar-refractivity contribution in [3.05, 3.63) is 47.5 Å². The number of hydrogen-bond donors (Lipinski definition) is 2. The Morgan fingerprint density at radius 2 is 2.17 bits per heavy atom. The summed E-state index contributed by atoms with van der Waals surface area (Å²) in [5.74, 6) is -0.934. The molecule has 0 unspecified atom stereocenters. The van der Waals surface area contributed by atoms with E-state index in [1.807, 2.05) is 12.1 Å². The lowest BCUT2D eigenvalue weighted by molar-refractivity contribution is 0.0699. The molecular formula is C18H17N3O2. The highest BCUT2D eigenvalue weighted by molar-refractivity contribution is 6.08. The van der Waals surface area contributed by atoms with Crippen LogP contribution in [0.1, 0.15) is 22.3 Å². The third-order valence-electron chi connectivity index (χ3n) is 4.52. The molecule has 2 heterocycles. The van der Waals surface area contributed by atoms with Gasteiger partial charge in [-0.25, -0.2) is 4.79 Å². The van der Waals surface area contributed by atoms with Crippen molar-refractivity contribution in [3.63, 3.8) is 0 Å². The van der Waals surface area contributed by atoms with Gasteiger partial charge in [-0.15, -0.1) is 0 Å². The van der Waals surface area contributed by atoms with E-state index in [2.05, 4.69) is 34.3 Å². The van der Waals surface area contributed by atoms with Gasteiger partial charge in [-0.2, -0.15) is 5.10 Å². The minimum atomic E-state index is -0.934. The second-order valence-corrected chi connectivity index (χ2v) is 5.97. The standard InChI is InChI=1S/C18H17N3O2/c1-21-9-3-4-11-10-12(7-8-15(11)21)17-16-13(18(22)23)5-2-6-14(16)19-20-17/h2,5-8,10H,3-4,9H2,1H3,(H,19,20)(H,22,23). The van der Waals surface area contributed by atoms with E-state index in [-0.39, 0.29) is 5.56 Å². The Balaban J connectivity index is 1.92. The summed E-state index contributed by atoms with van der Waals surface area (Å²) in [5, 5.41) is 17.4. The lowest BCUT2D eigenvalue weighted by Crippen LogP contribution is -2.24. The second-order valence-electron chi connectivity index (χ2n) is 5.97. The first-order valence-corrected chi connectivity index (χ1v) is 7.70. The van der Waals surface area contributed by atoms with E-state index in [0.29, 0.717) is 11.1 Å². The van der Waals surface area contributed by atoms with Gasteiger partial charge in [0.05, 0.1) is 11.1 Å². The fourth-order valence-electron chi connectivity index (χ4n) is 3.39. The largest absolute Gasteiger partial charge is 0.478 e. The van der Waals surface area contributed by atoms with Crippen LogP contribution in [0.5, 0.6) is 0 Å². The number of benzene rings is 2. The van der Waals surface area contributed by atoms with Gasteiger partial charge in [-0.1, -0.05) is 12.1 Å². The molecule has 0 saturated carbocycles. The number of aromatic carboxylic acids is 1. The minimum Gasteiger partial charge on any atom is -0.478 e. The van der Waals surface area contributed by atoms with Crippen molar-refractivity contribution in [2.45, 2.75) is 12.8 Å². The lowest BCUT2D eigenvalue weighted by Gasteiger charge is -2.27. The Morgan fingerprint density at radius 1 is 1.30 bits per heavy atom. The summed E-state index contributed by atoms with van der Waals surface area (Å²) in [7, 11) is 2.10. The van der Waals surface area contributed by atoms with Crippen molar-refractivity contribution in [3.8, 4) is 11.3 Å². The number of aryl methyl sites for hydroxylation is 1. The molecule has 2 aromatic carbocycles. The second kappa shape index (κ2) is 5.12. The monoisotopic (exact) mass is 307 g/mol. The smallest absolute Gasteiger partial charge is 0.336 e. The van der Waals surface area contributed by atoms with Crippen molar-refractivity contribution in [2.75, 3.05) is 18.5 Å². The number of nitrogens with one attached hydrogen (secondary N) is 1. The molecule has 0 amide bonds. The van der Waals surface area contributed by atoms with Crippen LogP contribution < -0.4 is 4.90 Å². The molecule has 0 aliphatic carbocycles. The first kappa shape index (κ1) is 13.8. The highest BCUT2D eigenvalue weighted by Gasteiger charge is 2.19. The molecule has 0 fully saturated rings. The molecule has 1 aromatic heterocycles. The Labute approximate surface area is 133 Å². The summed E-state index contributed by atoms with van der Waals surface area (Å²) < 4.78 is 0. The number of anilines is 1. The molecule has 0 atom stereocenters. The van der Waals surface area contributed by atoms with Gasteiger partial charge in [0, 0.05) is 30.2 Å². The molecule has 0 radical (unpaired) electrons. The minimum absolute atomic E-state index is 0.279. The highest BCUT2D eigenvalue weighted by atomic mass is 16.4. The maximum absolute atomic E-state index is 11.5. The summed E-state index contributed by atoms with van der Waals surface area (Å²) in [6.07, 6.45) is 2.18. The van der Waals surface area contributed by atoms with Crippen LogP contribution in [0.25, 0.3) is 22.2 Å². The number of H-pyrrole nitrogens is 1. The van der Waals surface area contributed by atoms with Crippen LogP contribution in [-0.2, 0) is 6.42 Å². The van der Waals surface area contributed by atoms with E-state index < -0.39 is 5.97 Å². The third kappa shape index (κ3) is 2.16. The van der Waals surface area contributed by atoms with E-state index in [1.54, 1.807) is 12.1 Å². The number of hydrogen-bond acceptors (Lipinski definition) is 3. The van der Waals surface area contributed by atoms with Gasteiger partial charge in [0.1, 0.15) is 5.69 Å². The van der Waals surface area contributed by atoms with Crippen LogP contribution in [0.2, 0.25) is 0 Å². The number of fused-ring (bicyclic) bond motifs is 2. The highest BCUT2D eigenvalue weighted by Crippen LogP contribution is 2.34. The third-order valence-corrected chi connectivity index (χ3v) is 4.52. The molecule has 4 rings (SSSR count). The summed E-state index contributed by atoms with van der Waals surface area (Å²) in [4.78, 5) is 13.8. The van der Waals surface area contributed by atoms with Crippen LogP contribution >= 0.6 is 0 Å². The van der Waals surface area contributed by atoms with Crippen molar-refractivity contribution in [1.82, 2.24) is 10.2 Å². The maximum atomic E-state index is 11.5. The van der Waals surface area contributed by atoms with Gasteiger partial charge in [0.15, 0.2) is 0 Å². The molecule has 116 valence electrons. The van der Waals surface area contributed by atoms with Crippen molar-refractivity contribution in [1.29, 1.82) is 0 Å². The first-order chi connectivity index (χ1) is 11.1. The van der Waals surface area contributed by atoms with Crippen LogP contribution in [-0.4, -0.2) is 34.9 Å². The van der Waals surface area contributed by atoms with Gasteiger partial charge >= 0.3 is 5.97 Å². The number of aromatic nitrogens is 2. The molecular weight excluding hydrogens is 290 g/mol. The molecule has 1 aliphatic rings. The number of carboxylic acid groups (broad SMARTS) is 1. The predicted octanol–water partition coefficient (Wildman–Crippen LogP) is 3.31. The molecule has 1 aliphatic heterocycles.